The van der Waals surface area contributed by atoms with E-state index >= 15 is 0 Å². The van der Waals surface area contributed by atoms with Crippen LogP contribution in [-0.4, -0.2) is 16.1 Å². The van der Waals surface area contributed by atoms with Crippen molar-refractivity contribution in [1.82, 2.24) is 4.98 Å². The number of aromatic nitrogens is 1. The van der Waals surface area contributed by atoms with Crippen LogP contribution in [0.1, 0.15) is 66.9 Å². The molecule has 5 unspecified atom stereocenters. The van der Waals surface area contributed by atoms with Gasteiger partial charge in [0.05, 0.1) is 6.20 Å². The number of rotatable bonds is 5. The van der Waals surface area contributed by atoms with Crippen LogP contribution in [0.3, 0.4) is 0 Å². The molecule has 0 radical (unpaired) electrons. The summed E-state index contributed by atoms with van der Waals surface area (Å²) in [5.41, 5.74) is 5.51. The van der Waals surface area contributed by atoms with Crippen LogP contribution < -0.4 is 4.74 Å². The Morgan fingerprint density at radius 1 is 1.14 bits per heavy atom. The van der Waals surface area contributed by atoms with Gasteiger partial charge in [0.2, 0.25) is 6.10 Å². The zero-order valence-electron chi connectivity index (χ0n) is 20.4. The van der Waals surface area contributed by atoms with Crippen LogP contribution in [0.25, 0.3) is 5.57 Å². The van der Waals surface area contributed by atoms with E-state index in [0.717, 1.165) is 37.7 Å². The first kappa shape index (κ1) is 23.0. The fraction of sp³-hybridized carbons (Fsp3) is 0.355. The minimum absolute atomic E-state index is 0.0432. The first-order chi connectivity index (χ1) is 17.4. The van der Waals surface area contributed by atoms with Crippen molar-refractivity contribution in [3.8, 4) is 5.75 Å². The normalized spacial score (nSPS) is 27.3. The molecule has 3 aliphatic rings. The van der Waals surface area contributed by atoms with Gasteiger partial charge in [-0.1, -0.05) is 49.4 Å². The minimum atomic E-state index is -1.03. The van der Waals surface area contributed by atoms with E-state index in [0.29, 0.717) is 29.1 Å². The maximum atomic E-state index is 13.9. The number of benzene rings is 2. The lowest BCUT2D eigenvalue weighted by molar-refractivity contribution is -0.145. The monoisotopic (exact) mass is 483 g/mol. The number of ether oxygens (including phenoxy) is 1. The molecule has 5 heteroatoms. The van der Waals surface area contributed by atoms with Gasteiger partial charge in [0.25, 0.3) is 0 Å². The molecule has 184 valence electrons. The molecular weight excluding hydrogens is 453 g/mol. The van der Waals surface area contributed by atoms with E-state index in [4.69, 9.17) is 4.74 Å². The Labute approximate surface area is 210 Å². The van der Waals surface area contributed by atoms with Gasteiger partial charge in [-0.05, 0) is 95.7 Å². The van der Waals surface area contributed by atoms with Crippen molar-refractivity contribution >= 4 is 11.5 Å². The van der Waals surface area contributed by atoms with E-state index in [9.17, 15) is 14.3 Å². The molecule has 3 aromatic rings. The number of carboxylic acids is 1. The molecule has 3 aliphatic carbocycles. The predicted molar refractivity (Wildman–Crippen MR) is 136 cm³/mol. The van der Waals surface area contributed by atoms with Crippen LogP contribution in [0, 0.1) is 23.1 Å². The maximum Gasteiger partial charge on any atom is 0.349 e. The van der Waals surface area contributed by atoms with Gasteiger partial charge in [0, 0.05) is 11.8 Å². The number of carbonyl (C=O) groups is 1. The van der Waals surface area contributed by atoms with E-state index < -0.39 is 12.1 Å². The first-order valence-corrected chi connectivity index (χ1v) is 12.8. The summed E-state index contributed by atoms with van der Waals surface area (Å²) in [4.78, 5) is 16.0. The topological polar surface area (TPSA) is 59.4 Å². The van der Waals surface area contributed by atoms with Crippen molar-refractivity contribution in [1.29, 1.82) is 0 Å². The second-order valence-electron chi connectivity index (χ2n) is 10.7. The largest absolute Gasteiger partial charge is 0.478 e. The molecule has 0 spiro atoms. The third kappa shape index (κ3) is 3.82. The SMILES string of the molecule is CC12CCC3c4ccc(OC(C(=O)O)c5ccccc5)cc4CCC3C1CC=C2c1cncc(F)c1. The van der Waals surface area contributed by atoms with Crippen molar-refractivity contribution in [2.75, 3.05) is 0 Å². The Morgan fingerprint density at radius 3 is 2.75 bits per heavy atom. The number of allylic oxidation sites excluding steroid dienone is 2. The summed E-state index contributed by atoms with van der Waals surface area (Å²) in [6.07, 6.45) is 9.60. The van der Waals surface area contributed by atoms with E-state index in [1.165, 1.54) is 22.9 Å². The molecule has 0 aliphatic heterocycles. The molecule has 1 saturated carbocycles. The molecular formula is C31H30FNO3. The van der Waals surface area contributed by atoms with Gasteiger partial charge in [-0.3, -0.25) is 4.98 Å². The van der Waals surface area contributed by atoms with Gasteiger partial charge in [0.15, 0.2) is 0 Å². The summed E-state index contributed by atoms with van der Waals surface area (Å²) >= 11 is 0. The van der Waals surface area contributed by atoms with Gasteiger partial charge in [0.1, 0.15) is 11.6 Å². The molecule has 1 aromatic heterocycles. The molecule has 1 N–H and O–H groups in total. The Morgan fingerprint density at radius 2 is 1.97 bits per heavy atom. The van der Waals surface area contributed by atoms with Crippen LogP contribution in [-0.2, 0) is 11.2 Å². The molecule has 0 amide bonds. The molecule has 0 bridgehead atoms. The standard InChI is InChI=1S/C31H30FNO3/c1-31-14-13-25-24-10-8-23(36-29(30(34)35)19-5-3-2-4-6-19)16-20(24)7-9-26(25)28(31)12-11-27(31)21-15-22(32)18-33-17-21/h2-6,8,10-11,15-18,25-26,28-29H,7,9,12-14H2,1H3,(H,34,35). The average Bonchev–Trinajstić information content (AvgIpc) is 3.24. The quantitative estimate of drug-likeness (QED) is 0.426. The fourth-order valence-electron chi connectivity index (χ4n) is 7.23. The van der Waals surface area contributed by atoms with Crippen LogP contribution in [0.5, 0.6) is 5.75 Å². The Hall–Kier alpha value is -3.47. The number of aliphatic carboxylic acids is 1. The fourth-order valence-corrected chi connectivity index (χ4v) is 7.23. The molecule has 2 aromatic carbocycles. The third-order valence-corrected chi connectivity index (χ3v) is 8.88. The van der Waals surface area contributed by atoms with Crippen molar-refractivity contribution in [2.45, 2.75) is 51.0 Å². The van der Waals surface area contributed by atoms with E-state index in [2.05, 4.69) is 30.1 Å². The summed E-state index contributed by atoms with van der Waals surface area (Å²) in [6.45, 7) is 2.36. The first-order valence-electron chi connectivity index (χ1n) is 12.8. The summed E-state index contributed by atoms with van der Waals surface area (Å²) in [5.74, 6) is 0.929. The van der Waals surface area contributed by atoms with Crippen molar-refractivity contribution in [2.24, 2.45) is 17.3 Å². The van der Waals surface area contributed by atoms with Crippen LogP contribution >= 0.6 is 0 Å². The number of carboxylic acid groups (broad SMARTS) is 1. The Balaban J connectivity index is 1.24. The summed E-state index contributed by atoms with van der Waals surface area (Å²) < 4.78 is 19.9. The second kappa shape index (κ2) is 8.88. The van der Waals surface area contributed by atoms with Gasteiger partial charge in [-0.25, -0.2) is 9.18 Å². The number of hydrogen-bond acceptors (Lipinski definition) is 3. The molecule has 0 saturated heterocycles. The number of nitrogens with zero attached hydrogens (tertiary/aromatic N) is 1. The van der Waals surface area contributed by atoms with Gasteiger partial charge in [-0.15, -0.1) is 0 Å². The predicted octanol–water partition coefficient (Wildman–Crippen LogP) is 6.98. The summed E-state index contributed by atoms with van der Waals surface area (Å²) in [5, 5.41) is 9.76. The third-order valence-electron chi connectivity index (χ3n) is 8.88. The molecule has 5 atom stereocenters. The maximum absolute atomic E-state index is 13.9. The highest BCUT2D eigenvalue weighted by Gasteiger charge is 2.52. The number of fused-ring (bicyclic) bond motifs is 5. The zero-order valence-corrected chi connectivity index (χ0v) is 20.4. The second-order valence-corrected chi connectivity index (χ2v) is 10.7. The number of aryl methyl sites for hydroxylation is 1. The minimum Gasteiger partial charge on any atom is -0.478 e. The van der Waals surface area contributed by atoms with Crippen molar-refractivity contribution in [3.05, 3.63) is 101 Å². The van der Waals surface area contributed by atoms with Crippen LogP contribution in [0.4, 0.5) is 4.39 Å². The lowest BCUT2D eigenvalue weighted by Gasteiger charge is -2.50. The Bertz CT molecular complexity index is 1340. The lowest BCUT2D eigenvalue weighted by Crippen LogP contribution is -2.40. The number of hydrogen-bond donors (Lipinski definition) is 1. The number of pyridine rings is 1. The summed E-state index contributed by atoms with van der Waals surface area (Å²) in [6, 6.07) is 16.8. The highest BCUT2D eigenvalue weighted by molar-refractivity contribution is 5.75. The lowest BCUT2D eigenvalue weighted by atomic mass is 9.54. The van der Waals surface area contributed by atoms with Gasteiger partial charge < -0.3 is 9.84 Å². The molecule has 1 fully saturated rings. The Kier molecular flexibility index (Phi) is 5.66. The molecule has 36 heavy (non-hydrogen) atoms. The molecule has 6 rings (SSSR count). The van der Waals surface area contributed by atoms with E-state index in [-0.39, 0.29) is 11.2 Å². The van der Waals surface area contributed by atoms with Gasteiger partial charge >= 0.3 is 5.97 Å². The van der Waals surface area contributed by atoms with Crippen molar-refractivity contribution < 1.29 is 19.0 Å². The number of halogens is 1. The average molecular weight is 484 g/mol. The highest BCUT2D eigenvalue weighted by Crippen LogP contribution is 2.63. The van der Waals surface area contributed by atoms with E-state index in [1.807, 2.05) is 24.3 Å². The van der Waals surface area contributed by atoms with Gasteiger partial charge in [-0.2, -0.15) is 0 Å². The molecule has 4 nitrogen and oxygen atoms in total. The van der Waals surface area contributed by atoms with Crippen LogP contribution in [0.15, 0.2) is 73.1 Å². The molecule has 1 heterocycles. The van der Waals surface area contributed by atoms with E-state index in [1.54, 1.807) is 24.4 Å². The summed E-state index contributed by atoms with van der Waals surface area (Å²) in [7, 11) is 0. The van der Waals surface area contributed by atoms with Crippen LogP contribution in [0.2, 0.25) is 0 Å². The smallest absolute Gasteiger partial charge is 0.349 e. The highest BCUT2D eigenvalue weighted by atomic mass is 19.1. The zero-order chi connectivity index (χ0) is 24.9. The van der Waals surface area contributed by atoms with Crippen molar-refractivity contribution in [3.63, 3.8) is 0 Å².